The molecule has 0 amide bonds. The first kappa shape index (κ1) is 19.4. The maximum atomic E-state index is 12.1. The third-order valence-corrected chi connectivity index (χ3v) is 5.16. The van der Waals surface area contributed by atoms with Gasteiger partial charge in [-0.2, -0.15) is 5.26 Å². The van der Waals surface area contributed by atoms with Crippen molar-refractivity contribution >= 4 is 41.1 Å². The molecule has 0 bridgehead atoms. The predicted octanol–water partition coefficient (Wildman–Crippen LogP) is 3.34. The molecule has 0 radical (unpaired) electrons. The van der Waals surface area contributed by atoms with Crippen LogP contribution in [0.25, 0.3) is 11.3 Å². The normalized spacial score (nSPS) is 10.3. The van der Waals surface area contributed by atoms with Crippen molar-refractivity contribution in [2.75, 3.05) is 19.1 Å². The Bertz CT molecular complexity index is 893. The number of rotatable bonds is 6. The number of aromatic nitrogens is 2. The summed E-state index contributed by atoms with van der Waals surface area (Å²) in [7, 11) is 1.33. The van der Waals surface area contributed by atoms with Gasteiger partial charge in [-0.05, 0) is 18.4 Å². The van der Waals surface area contributed by atoms with Crippen molar-refractivity contribution in [2.24, 2.45) is 0 Å². The van der Waals surface area contributed by atoms with Gasteiger partial charge < -0.3 is 9.72 Å². The highest BCUT2D eigenvalue weighted by Crippen LogP contribution is 2.37. The van der Waals surface area contributed by atoms with E-state index in [1.165, 1.54) is 30.6 Å². The van der Waals surface area contributed by atoms with Gasteiger partial charge >= 0.3 is 5.97 Å². The third kappa shape index (κ3) is 4.57. The second-order valence-corrected chi connectivity index (χ2v) is 7.04. The molecule has 130 valence electrons. The van der Waals surface area contributed by atoms with Gasteiger partial charge in [0.25, 0.3) is 5.56 Å². The monoisotopic (exact) mass is 395 g/mol. The molecule has 1 aromatic heterocycles. The van der Waals surface area contributed by atoms with E-state index in [-0.39, 0.29) is 23.6 Å². The summed E-state index contributed by atoms with van der Waals surface area (Å²) in [6.07, 6.45) is 2.00. The molecule has 0 aliphatic heterocycles. The molecule has 2 aromatic rings. The standard InChI is InChI=1S/C16H14ClN3O3S2/c1-23-12(21)6-7-25-11-5-3-4-10(17)13(11)14-9(8-18)15(22)20-16(19-14)24-2/h3-5H,6-7H2,1-2H3,(H,19,20,22). The maximum Gasteiger partial charge on any atom is 0.306 e. The largest absolute Gasteiger partial charge is 0.469 e. The minimum atomic E-state index is -0.512. The first-order valence-corrected chi connectivity index (χ1v) is 9.67. The number of carbonyl (C=O) groups excluding carboxylic acids is 1. The number of benzene rings is 1. The van der Waals surface area contributed by atoms with E-state index in [1.807, 2.05) is 12.1 Å². The van der Waals surface area contributed by atoms with Crippen molar-refractivity contribution in [3.63, 3.8) is 0 Å². The van der Waals surface area contributed by atoms with Crippen molar-refractivity contribution in [3.8, 4) is 17.3 Å². The third-order valence-electron chi connectivity index (χ3n) is 3.21. The summed E-state index contributed by atoms with van der Waals surface area (Å²) in [5.41, 5.74) is 0.141. The van der Waals surface area contributed by atoms with Crippen LogP contribution < -0.4 is 5.56 Å². The number of halogens is 1. The Morgan fingerprint density at radius 1 is 1.48 bits per heavy atom. The van der Waals surface area contributed by atoms with Gasteiger partial charge in [-0.25, -0.2) is 4.98 Å². The number of nitriles is 1. The van der Waals surface area contributed by atoms with Gasteiger partial charge in [-0.1, -0.05) is 29.4 Å². The van der Waals surface area contributed by atoms with Gasteiger partial charge in [0, 0.05) is 16.2 Å². The van der Waals surface area contributed by atoms with Gasteiger partial charge in [0.05, 0.1) is 24.2 Å². The Balaban J connectivity index is 2.52. The Morgan fingerprint density at radius 3 is 2.88 bits per heavy atom. The lowest BCUT2D eigenvalue weighted by molar-refractivity contribution is -0.140. The summed E-state index contributed by atoms with van der Waals surface area (Å²) >= 11 is 8.98. The van der Waals surface area contributed by atoms with Crippen LogP contribution in [0.3, 0.4) is 0 Å². The number of esters is 1. The number of methoxy groups -OCH3 is 1. The predicted molar refractivity (Wildman–Crippen MR) is 99.2 cm³/mol. The molecular formula is C16H14ClN3O3S2. The highest BCUT2D eigenvalue weighted by atomic mass is 35.5. The first-order valence-electron chi connectivity index (χ1n) is 7.08. The topological polar surface area (TPSA) is 95.8 Å². The van der Waals surface area contributed by atoms with Crippen LogP contribution in [0.4, 0.5) is 0 Å². The first-order chi connectivity index (χ1) is 12.0. The second-order valence-electron chi connectivity index (χ2n) is 4.70. The van der Waals surface area contributed by atoms with E-state index in [9.17, 15) is 14.9 Å². The fourth-order valence-electron chi connectivity index (χ4n) is 2.03. The molecule has 1 N–H and O–H groups in total. The minimum Gasteiger partial charge on any atom is -0.469 e. The maximum absolute atomic E-state index is 12.1. The van der Waals surface area contributed by atoms with Crippen LogP contribution in [0, 0.1) is 11.3 Å². The van der Waals surface area contributed by atoms with E-state index in [0.29, 0.717) is 21.5 Å². The van der Waals surface area contributed by atoms with Crippen molar-refractivity contribution in [3.05, 3.63) is 39.1 Å². The van der Waals surface area contributed by atoms with E-state index >= 15 is 0 Å². The van der Waals surface area contributed by atoms with Crippen LogP contribution in [0.1, 0.15) is 12.0 Å². The summed E-state index contributed by atoms with van der Waals surface area (Å²) < 4.78 is 4.63. The SMILES string of the molecule is COC(=O)CCSc1cccc(Cl)c1-c1nc(SC)[nH]c(=O)c1C#N. The number of thioether (sulfide) groups is 2. The van der Waals surface area contributed by atoms with Crippen molar-refractivity contribution in [2.45, 2.75) is 16.5 Å². The van der Waals surface area contributed by atoms with Crippen molar-refractivity contribution in [1.29, 1.82) is 5.26 Å². The Labute approximate surface area is 157 Å². The summed E-state index contributed by atoms with van der Waals surface area (Å²) in [5.74, 6) is 0.160. The quantitative estimate of drug-likeness (QED) is 0.455. The Hall–Kier alpha value is -1.95. The van der Waals surface area contributed by atoms with Gasteiger partial charge in [-0.15, -0.1) is 11.8 Å². The molecule has 25 heavy (non-hydrogen) atoms. The zero-order valence-corrected chi connectivity index (χ0v) is 15.8. The van der Waals surface area contributed by atoms with Crippen LogP contribution in [-0.2, 0) is 9.53 Å². The zero-order valence-electron chi connectivity index (χ0n) is 13.5. The highest BCUT2D eigenvalue weighted by molar-refractivity contribution is 7.99. The molecule has 0 atom stereocenters. The van der Waals surface area contributed by atoms with Crippen molar-refractivity contribution < 1.29 is 9.53 Å². The van der Waals surface area contributed by atoms with Gasteiger partial charge in [-0.3, -0.25) is 9.59 Å². The van der Waals surface area contributed by atoms with Crippen LogP contribution in [0.5, 0.6) is 0 Å². The Kier molecular flexibility index (Phi) is 6.93. The lowest BCUT2D eigenvalue weighted by Gasteiger charge is -2.12. The summed E-state index contributed by atoms with van der Waals surface area (Å²) in [6, 6.07) is 7.14. The number of carbonyl (C=O) groups is 1. The number of nitrogens with zero attached hydrogens (tertiary/aromatic N) is 2. The van der Waals surface area contributed by atoms with Crippen LogP contribution in [-0.4, -0.2) is 35.1 Å². The molecule has 0 fully saturated rings. The highest BCUT2D eigenvalue weighted by Gasteiger charge is 2.19. The van der Waals surface area contributed by atoms with Gasteiger partial charge in [0.15, 0.2) is 5.16 Å². The molecule has 0 saturated carbocycles. The molecule has 0 unspecified atom stereocenters. The molecule has 1 aromatic carbocycles. The number of ether oxygens (including phenoxy) is 1. The number of H-pyrrole nitrogens is 1. The average molecular weight is 396 g/mol. The van der Waals surface area contributed by atoms with Gasteiger partial charge in [0.2, 0.25) is 0 Å². The van der Waals surface area contributed by atoms with Crippen LogP contribution in [0.15, 0.2) is 33.0 Å². The fraction of sp³-hybridized carbons (Fsp3) is 0.250. The van der Waals surface area contributed by atoms with Crippen LogP contribution >= 0.6 is 35.1 Å². The van der Waals surface area contributed by atoms with E-state index in [4.69, 9.17) is 11.6 Å². The number of hydrogen-bond donors (Lipinski definition) is 1. The molecule has 0 aliphatic rings. The molecule has 9 heteroatoms. The van der Waals surface area contributed by atoms with E-state index in [2.05, 4.69) is 14.7 Å². The van der Waals surface area contributed by atoms with Crippen LogP contribution in [0.2, 0.25) is 5.02 Å². The fourth-order valence-corrected chi connectivity index (χ4v) is 3.75. The number of hydrogen-bond acceptors (Lipinski definition) is 7. The zero-order chi connectivity index (χ0) is 18.4. The summed E-state index contributed by atoms with van der Waals surface area (Å²) in [6.45, 7) is 0. The lowest BCUT2D eigenvalue weighted by Crippen LogP contribution is -2.15. The Morgan fingerprint density at radius 2 is 2.24 bits per heavy atom. The minimum absolute atomic E-state index is 0.0966. The van der Waals surface area contributed by atoms with E-state index in [1.54, 1.807) is 18.4 Å². The molecule has 0 spiro atoms. The number of nitrogens with one attached hydrogen (secondary N) is 1. The molecule has 0 aliphatic carbocycles. The van der Waals surface area contributed by atoms with Crippen molar-refractivity contribution in [1.82, 2.24) is 9.97 Å². The molecular weight excluding hydrogens is 382 g/mol. The second kappa shape index (κ2) is 8.94. The number of aromatic amines is 1. The van der Waals surface area contributed by atoms with E-state index in [0.717, 1.165) is 4.90 Å². The average Bonchev–Trinajstić information content (AvgIpc) is 2.61. The molecule has 0 saturated heterocycles. The molecule has 1 heterocycles. The summed E-state index contributed by atoms with van der Waals surface area (Å²) in [5, 5.41) is 10.1. The summed E-state index contributed by atoms with van der Waals surface area (Å²) in [4.78, 5) is 31.1. The lowest BCUT2D eigenvalue weighted by atomic mass is 10.1. The molecule has 6 nitrogen and oxygen atoms in total. The van der Waals surface area contributed by atoms with Gasteiger partial charge in [0.1, 0.15) is 11.6 Å². The molecule has 2 rings (SSSR count). The smallest absolute Gasteiger partial charge is 0.306 e. The van der Waals surface area contributed by atoms with E-state index < -0.39 is 5.56 Å².